The molecule has 0 amide bonds. The predicted molar refractivity (Wildman–Crippen MR) is 68.7 cm³/mol. The highest BCUT2D eigenvalue weighted by molar-refractivity contribution is 4.90. The molecule has 1 saturated carbocycles. The SMILES string of the molecule is CNCC1CCC1N(C)CC1CCCN1C. The molecule has 16 heavy (non-hydrogen) atoms. The van der Waals surface area contributed by atoms with E-state index < -0.39 is 0 Å². The van der Waals surface area contributed by atoms with E-state index in [2.05, 4.69) is 36.3 Å². The summed E-state index contributed by atoms with van der Waals surface area (Å²) in [6.45, 7) is 3.75. The lowest BCUT2D eigenvalue weighted by atomic mass is 9.78. The second-order valence-corrected chi connectivity index (χ2v) is 5.68. The fourth-order valence-electron chi connectivity index (χ4n) is 3.31. The van der Waals surface area contributed by atoms with E-state index in [1.54, 1.807) is 0 Å². The molecule has 1 aliphatic heterocycles. The molecule has 0 spiro atoms. The van der Waals surface area contributed by atoms with Gasteiger partial charge in [-0.2, -0.15) is 0 Å². The molecule has 1 aliphatic carbocycles. The Labute approximate surface area is 100 Å². The Balaban J connectivity index is 1.76. The van der Waals surface area contributed by atoms with Gasteiger partial charge in [-0.1, -0.05) is 0 Å². The first-order valence-electron chi connectivity index (χ1n) is 6.77. The fraction of sp³-hybridized carbons (Fsp3) is 1.00. The topological polar surface area (TPSA) is 18.5 Å². The third-order valence-corrected chi connectivity index (χ3v) is 4.58. The van der Waals surface area contributed by atoms with Crippen molar-refractivity contribution >= 4 is 0 Å². The van der Waals surface area contributed by atoms with Gasteiger partial charge >= 0.3 is 0 Å². The highest BCUT2D eigenvalue weighted by Crippen LogP contribution is 2.31. The van der Waals surface area contributed by atoms with Gasteiger partial charge in [0.25, 0.3) is 0 Å². The molecule has 2 aliphatic rings. The van der Waals surface area contributed by atoms with Crippen molar-refractivity contribution in [2.24, 2.45) is 5.92 Å². The lowest BCUT2D eigenvalue weighted by Gasteiger charge is -2.44. The molecule has 0 aromatic rings. The van der Waals surface area contributed by atoms with E-state index in [0.717, 1.165) is 18.0 Å². The Kier molecular flexibility index (Phi) is 4.22. The van der Waals surface area contributed by atoms with Crippen LogP contribution in [-0.4, -0.2) is 62.7 Å². The first kappa shape index (κ1) is 12.3. The monoisotopic (exact) mass is 225 g/mol. The molecule has 2 rings (SSSR count). The standard InChI is InChI=1S/C13H27N3/c1-14-9-11-6-7-13(11)16(3)10-12-5-4-8-15(12)2/h11-14H,4-10H2,1-3H3. The molecule has 0 bridgehead atoms. The van der Waals surface area contributed by atoms with E-state index >= 15 is 0 Å². The Bertz CT molecular complexity index is 219. The summed E-state index contributed by atoms with van der Waals surface area (Å²) in [5, 5.41) is 3.32. The van der Waals surface area contributed by atoms with Crippen LogP contribution < -0.4 is 5.32 Å². The molecule has 3 heteroatoms. The average Bonchev–Trinajstić information content (AvgIpc) is 2.59. The van der Waals surface area contributed by atoms with Crippen LogP contribution in [0.3, 0.4) is 0 Å². The van der Waals surface area contributed by atoms with Gasteiger partial charge < -0.3 is 15.1 Å². The summed E-state index contributed by atoms with van der Waals surface area (Å²) in [4.78, 5) is 5.14. The molecule has 3 unspecified atom stereocenters. The predicted octanol–water partition coefficient (Wildman–Crippen LogP) is 1.01. The number of hydrogen-bond donors (Lipinski definition) is 1. The van der Waals surface area contributed by atoms with Crippen molar-refractivity contribution in [2.75, 3.05) is 40.8 Å². The first-order chi connectivity index (χ1) is 7.72. The van der Waals surface area contributed by atoms with Crippen molar-refractivity contribution in [1.82, 2.24) is 15.1 Å². The largest absolute Gasteiger partial charge is 0.319 e. The van der Waals surface area contributed by atoms with Crippen molar-refractivity contribution in [3.63, 3.8) is 0 Å². The molecule has 3 nitrogen and oxygen atoms in total. The second-order valence-electron chi connectivity index (χ2n) is 5.68. The van der Waals surface area contributed by atoms with Gasteiger partial charge in [-0.3, -0.25) is 0 Å². The second kappa shape index (κ2) is 5.48. The Hall–Kier alpha value is -0.120. The highest BCUT2D eigenvalue weighted by atomic mass is 15.2. The van der Waals surface area contributed by atoms with Gasteiger partial charge in [-0.15, -0.1) is 0 Å². The Morgan fingerprint density at radius 2 is 2.12 bits per heavy atom. The molecule has 94 valence electrons. The summed E-state index contributed by atoms with van der Waals surface area (Å²) in [5.41, 5.74) is 0. The van der Waals surface area contributed by atoms with Crippen molar-refractivity contribution in [3.05, 3.63) is 0 Å². The minimum Gasteiger partial charge on any atom is -0.319 e. The van der Waals surface area contributed by atoms with Crippen molar-refractivity contribution in [2.45, 2.75) is 37.8 Å². The van der Waals surface area contributed by atoms with Crippen LogP contribution in [0.25, 0.3) is 0 Å². The first-order valence-corrected chi connectivity index (χ1v) is 6.77. The number of rotatable bonds is 5. The quantitative estimate of drug-likeness (QED) is 0.753. The van der Waals surface area contributed by atoms with Crippen LogP contribution >= 0.6 is 0 Å². The summed E-state index contributed by atoms with van der Waals surface area (Å²) in [5.74, 6) is 0.890. The average molecular weight is 225 g/mol. The van der Waals surface area contributed by atoms with E-state index in [1.165, 1.54) is 45.3 Å². The van der Waals surface area contributed by atoms with Crippen LogP contribution in [-0.2, 0) is 0 Å². The van der Waals surface area contributed by atoms with Gasteiger partial charge in [0.1, 0.15) is 0 Å². The summed E-state index contributed by atoms with van der Waals surface area (Å²) in [6, 6.07) is 1.64. The van der Waals surface area contributed by atoms with Gasteiger partial charge in [0, 0.05) is 18.6 Å². The van der Waals surface area contributed by atoms with Crippen LogP contribution in [0.1, 0.15) is 25.7 Å². The van der Waals surface area contributed by atoms with Gasteiger partial charge in [-0.05, 0) is 65.8 Å². The molecule has 1 heterocycles. The zero-order chi connectivity index (χ0) is 11.5. The van der Waals surface area contributed by atoms with Crippen molar-refractivity contribution in [1.29, 1.82) is 0 Å². The van der Waals surface area contributed by atoms with Crippen molar-refractivity contribution in [3.8, 4) is 0 Å². The maximum Gasteiger partial charge on any atom is 0.0220 e. The van der Waals surface area contributed by atoms with E-state index in [-0.39, 0.29) is 0 Å². The normalized spacial score (nSPS) is 35.6. The van der Waals surface area contributed by atoms with E-state index in [9.17, 15) is 0 Å². The van der Waals surface area contributed by atoms with E-state index in [4.69, 9.17) is 0 Å². The van der Waals surface area contributed by atoms with Gasteiger partial charge in [0.05, 0.1) is 0 Å². The lowest BCUT2D eigenvalue weighted by Crippen LogP contribution is -2.51. The molecule has 3 atom stereocenters. The third-order valence-electron chi connectivity index (χ3n) is 4.58. The van der Waals surface area contributed by atoms with Crippen LogP contribution in [0.4, 0.5) is 0 Å². The number of likely N-dealkylation sites (tertiary alicyclic amines) is 1. The van der Waals surface area contributed by atoms with Crippen LogP contribution in [0, 0.1) is 5.92 Å². The number of likely N-dealkylation sites (N-methyl/N-ethyl adjacent to an activating group) is 2. The summed E-state index contributed by atoms with van der Waals surface area (Å²) in [7, 11) is 6.66. The van der Waals surface area contributed by atoms with Crippen LogP contribution in [0.15, 0.2) is 0 Å². The van der Waals surface area contributed by atoms with E-state index in [1.807, 2.05) is 0 Å². The minimum atomic E-state index is 0.806. The zero-order valence-corrected chi connectivity index (χ0v) is 11.1. The zero-order valence-electron chi connectivity index (χ0n) is 11.1. The maximum atomic E-state index is 3.32. The highest BCUT2D eigenvalue weighted by Gasteiger charge is 2.34. The van der Waals surface area contributed by atoms with Crippen LogP contribution in [0.2, 0.25) is 0 Å². The Morgan fingerprint density at radius 1 is 1.31 bits per heavy atom. The van der Waals surface area contributed by atoms with Gasteiger partial charge in [0.2, 0.25) is 0 Å². The summed E-state index contributed by atoms with van der Waals surface area (Å²) in [6.07, 6.45) is 5.60. The minimum absolute atomic E-state index is 0.806. The van der Waals surface area contributed by atoms with E-state index in [0.29, 0.717) is 0 Å². The van der Waals surface area contributed by atoms with Gasteiger partial charge in [0.15, 0.2) is 0 Å². The molecular weight excluding hydrogens is 198 g/mol. The smallest absolute Gasteiger partial charge is 0.0220 e. The molecular formula is C13H27N3. The molecule has 1 N–H and O–H groups in total. The lowest BCUT2D eigenvalue weighted by molar-refractivity contribution is 0.0668. The molecule has 0 aromatic heterocycles. The number of nitrogens with zero attached hydrogens (tertiary/aromatic N) is 2. The number of nitrogens with one attached hydrogen (secondary N) is 1. The molecule has 1 saturated heterocycles. The van der Waals surface area contributed by atoms with Gasteiger partial charge in [-0.25, -0.2) is 0 Å². The maximum absolute atomic E-state index is 3.32. The van der Waals surface area contributed by atoms with Crippen LogP contribution in [0.5, 0.6) is 0 Å². The summed E-state index contributed by atoms with van der Waals surface area (Å²) >= 11 is 0. The third kappa shape index (κ3) is 2.58. The van der Waals surface area contributed by atoms with Crippen molar-refractivity contribution < 1.29 is 0 Å². The molecule has 2 fully saturated rings. The number of hydrogen-bond acceptors (Lipinski definition) is 3. The molecule has 0 radical (unpaired) electrons. The molecule has 0 aromatic carbocycles. The summed E-state index contributed by atoms with van der Waals surface area (Å²) < 4.78 is 0. The Morgan fingerprint density at radius 3 is 2.62 bits per heavy atom. The fourth-order valence-corrected chi connectivity index (χ4v) is 3.31.